The number of halogens is 1. The molecule has 5 heteroatoms. The van der Waals surface area contributed by atoms with E-state index in [1.807, 2.05) is 48.5 Å². The molecule has 0 bridgehead atoms. The number of fused-ring (bicyclic) bond motifs is 1. The Bertz CT molecular complexity index is 946. The van der Waals surface area contributed by atoms with E-state index in [2.05, 4.69) is 14.1 Å². The number of methoxy groups -OCH3 is 1. The minimum atomic E-state index is 0.704. The number of ether oxygens (including phenoxy) is 1. The molecular formula is C21H24ClN2O2+. The molecule has 26 heavy (non-hydrogen) atoms. The van der Waals surface area contributed by atoms with E-state index in [0.29, 0.717) is 5.02 Å². The van der Waals surface area contributed by atoms with Gasteiger partial charge in [0.1, 0.15) is 17.1 Å². The van der Waals surface area contributed by atoms with Crippen molar-refractivity contribution >= 4 is 22.6 Å². The van der Waals surface area contributed by atoms with Gasteiger partial charge in [-0.15, -0.1) is 0 Å². The molecule has 0 saturated heterocycles. The molecule has 0 aliphatic heterocycles. The first-order chi connectivity index (χ1) is 12.6. The molecule has 136 valence electrons. The number of hydrogen-bond acceptors (Lipinski definition) is 3. The van der Waals surface area contributed by atoms with E-state index >= 15 is 0 Å². The fourth-order valence-electron chi connectivity index (χ4n) is 2.79. The molecule has 0 saturated carbocycles. The molecule has 1 aromatic heterocycles. The van der Waals surface area contributed by atoms with E-state index in [4.69, 9.17) is 25.7 Å². The van der Waals surface area contributed by atoms with Crippen molar-refractivity contribution in [2.45, 2.75) is 6.42 Å². The van der Waals surface area contributed by atoms with Gasteiger partial charge in [0.2, 0.25) is 0 Å². The summed E-state index contributed by atoms with van der Waals surface area (Å²) in [6.07, 6.45) is 1.04. The van der Waals surface area contributed by atoms with Gasteiger partial charge in [-0.05, 0) is 42.5 Å². The Balaban J connectivity index is 2.08. The normalized spacial score (nSPS) is 12.1. The monoisotopic (exact) mass is 371 g/mol. The van der Waals surface area contributed by atoms with Gasteiger partial charge in [0.25, 0.3) is 0 Å². The van der Waals surface area contributed by atoms with Crippen molar-refractivity contribution in [1.82, 2.24) is 0 Å². The number of nitrogens with zero attached hydrogens (tertiary/aromatic N) is 1. The van der Waals surface area contributed by atoms with Crippen LogP contribution in [0.3, 0.4) is 0 Å². The molecule has 0 spiro atoms. The first-order valence-corrected chi connectivity index (χ1v) is 9.12. The predicted octanol–water partition coefficient (Wildman–Crippen LogP) is 3.20. The summed E-state index contributed by atoms with van der Waals surface area (Å²) < 4.78 is 11.5. The molecule has 1 heterocycles. The molecule has 3 rings (SSSR count). The Kier molecular flexibility index (Phi) is 5.96. The zero-order chi connectivity index (χ0) is 18.5. The number of quaternary nitrogens is 1. The lowest BCUT2D eigenvalue weighted by atomic mass is 10.1. The first kappa shape index (κ1) is 18.5. The highest BCUT2D eigenvalue weighted by Gasteiger charge is 2.07. The van der Waals surface area contributed by atoms with Crippen LogP contribution in [0.25, 0.3) is 22.3 Å². The standard InChI is InChI=1S/C21H23ClN2O2/c1-24(2)12-4-11-23-19-14-21(15-5-7-16(22)8-6-15)26-20-10-9-17(25-3)13-18(19)20/h5-10,13-14H,4,11-12H2,1-3H3/p+1. The van der Waals surface area contributed by atoms with Gasteiger partial charge in [-0.2, -0.15) is 0 Å². The molecule has 0 fully saturated rings. The summed E-state index contributed by atoms with van der Waals surface area (Å²) in [6, 6.07) is 15.4. The van der Waals surface area contributed by atoms with Crippen LogP contribution in [0.1, 0.15) is 6.42 Å². The second-order valence-corrected chi connectivity index (χ2v) is 6.99. The molecule has 3 aromatic rings. The molecule has 0 atom stereocenters. The largest absolute Gasteiger partial charge is 0.497 e. The van der Waals surface area contributed by atoms with Crippen LogP contribution in [0.2, 0.25) is 5.02 Å². The fourth-order valence-corrected chi connectivity index (χ4v) is 2.92. The highest BCUT2D eigenvalue weighted by molar-refractivity contribution is 6.30. The Morgan fingerprint density at radius 3 is 2.54 bits per heavy atom. The van der Waals surface area contributed by atoms with Crippen molar-refractivity contribution in [3.05, 3.63) is 58.9 Å². The van der Waals surface area contributed by atoms with Gasteiger partial charge in [0, 0.05) is 35.0 Å². The summed E-state index contributed by atoms with van der Waals surface area (Å²) in [5.74, 6) is 1.57. The minimum Gasteiger partial charge on any atom is -0.497 e. The summed E-state index contributed by atoms with van der Waals surface area (Å²) in [7, 11) is 5.97. The van der Waals surface area contributed by atoms with Gasteiger partial charge in [-0.1, -0.05) is 11.6 Å². The van der Waals surface area contributed by atoms with Crippen LogP contribution in [0, 0.1) is 0 Å². The Morgan fingerprint density at radius 1 is 1.08 bits per heavy atom. The number of hydrogen-bond donors (Lipinski definition) is 1. The maximum atomic E-state index is 6.11. The average molecular weight is 372 g/mol. The Morgan fingerprint density at radius 2 is 1.85 bits per heavy atom. The van der Waals surface area contributed by atoms with Crippen LogP contribution in [0.5, 0.6) is 5.75 Å². The van der Waals surface area contributed by atoms with Crippen molar-refractivity contribution in [3.8, 4) is 17.1 Å². The maximum Gasteiger partial charge on any atom is 0.137 e. The third-order valence-corrected chi connectivity index (χ3v) is 4.45. The molecule has 0 unspecified atom stereocenters. The summed E-state index contributed by atoms with van der Waals surface area (Å²) in [5.41, 5.74) is 1.76. The molecule has 2 aromatic carbocycles. The van der Waals surface area contributed by atoms with Crippen molar-refractivity contribution in [3.63, 3.8) is 0 Å². The van der Waals surface area contributed by atoms with E-state index < -0.39 is 0 Å². The number of nitrogens with one attached hydrogen (secondary N) is 1. The van der Waals surface area contributed by atoms with Crippen molar-refractivity contribution in [2.24, 2.45) is 4.99 Å². The quantitative estimate of drug-likeness (QED) is 0.676. The topological polar surface area (TPSA) is 39.2 Å². The van der Waals surface area contributed by atoms with Crippen LogP contribution in [0.4, 0.5) is 0 Å². The molecule has 4 nitrogen and oxygen atoms in total. The maximum absolute atomic E-state index is 6.11. The number of benzene rings is 2. The van der Waals surface area contributed by atoms with E-state index in [-0.39, 0.29) is 0 Å². The fraction of sp³-hybridized carbons (Fsp3) is 0.286. The minimum absolute atomic E-state index is 0.704. The van der Waals surface area contributed by atoms with E-state index in [1.54, 1.807) is 7.11 Å². The van der Waals surface area contributed by atoms with Gasteiger partial charge >= 0.3 is 0 Å². The molecular weight excluding hydrogens is 348 g/mol. The third kappa shape index (κ3) is 4.45. The average Bonchev–Trinajstić information content (AvgIpc) is 2.65. The summed E-state index contributed by atoms with van der Waals surface area (Å²) in [4.78, 5) is 6.26. The smallest absolute Gasteiger partial charge is 0.137 e. The highest BCUT2D eigenvalue weighted by Crippen LogP contribution is 2.25. The lowest BCUT2D eigenvalue weighted by molar-refractivity contribution is -0.858. The molecule has 0 aliphatic carbocycles. The zero-order valence-corrected chi connectivity index (χ0v) is 16.1. The predicted molar refractivity (Wildman–Crippen MR) is 106 cm³/mol. The number of rotatable bonds is 6. The highest BCUT2D eigenvalue weighted by atomic mass is 35.5. The van der Waals surface area contributed by atoms with Crippen molar-refractivity contribution < 1.29 is 14.1 Å². The van der Waals surface area contributed by atoms with Crippen LogP contribution >= 0.6 is 11.6 Å². The molecule has 0 radical (unpaired) electrons. The second-order valence-electron chi connectivity index (χ2n) is 6.56. The molecule has 0 aliphatic rings. The summed E-state index contributed by atoms with van der Waals surface area (Å²) in [6.45, 7) is 1.87. The SMILES string of the molecule is COc1ccc2oc(-c3ccc(Cl)cc3)cc(=NCCC[NH+](C)C)c2c1. The van der Waals surface area contributed by atoms with Crippen LogP contribution in [0.15, 0.2) is 57.9 Å². The molecule has 1 N–H and O–H groups in total. The van der Waals surface area contributed by atoms with E-state index in [9.17, 15) is 0 Å². The summed E-state index contributed by atoms with van der Waals surface area (Å²) >= 11 is 6.00. The summed E-state index contributed by atoms with van der Waals surface area (Å²) in [5, 5.41) is 2.58. The zero-order valence-electron chi connectivity index (χ0n) is 15.4. The van der Waals surface area contributed by atoms with Gasteiger partial charge in [-0.25, -0.2) is 0 Å². The van der Waals surface area contributed by atoms with Crippen molar-refractivity contribution in [1.29, 1.82) is 0 Å². The van der Waals surface area contributed by atoms with Gasteiger partial charge in [-0.3, -0.25) is 4.99 Å². The van der Waals surface area contributed by atoms with Gasteiger partial charge in [0.05, 0.1) is 33.1 Å². The second kappa shape index (κ2) is 8.39. The van der Waals surface area contributed by atoms with E-state index in [1.165, 1.54) is 4.90 Å². The van der Waals surface area contributed by atoms with Crippen molar-refractivity contribution in [2.75, 3.05) is 34.3 Å². The van der Waals surface area contributed by atoms with Gasteiger partial charge in [0.15, 0.2) is 0 Å². The van der Waals surface area contributed by atoms with Crippen LogP contribution < -0.4 is 15.0 Å². The molecule has 0 amide bonds. The Hall–Kier alpha value is -2.30. The van der Waals surface area contributed by atoms with Gasteiger partial charge < -0.3 is 14.1 Å². The first-order valence-electron chi connectivity index (χ1n) is 8.74. The van der Waals surface area contributed by atoms with E-state index in [0.717, 1.165) is 52.9 Å². The van der Waals surface area contributed by atoms with Crippen LogP contribution in [-0.4, -0.2) is 34.3 Å². The lowest BCUT2D eigenvalue weighted by Gasteiger charge is -2.07. The van der Waals surface area contributed by atoms with Crippen LogP contribution in [-0.2, 0) is 0 Å². The Labute approximate surface area is 158 Å². The lowest BCUT2D eigenvalue weighted by Crippen LogP contribution is -3.05. The third-order valence-electron chi connectivity index (χ3n) is 4.20.